The molecule has 2 fully saturated rings. The van der Waals surface area contributed by atoms with Gasteiger partial charge in [-0.25, -0.2) is 4.79 Å². The Hall–Kier alpha value is -0.810. The first-order valence-electron chi connectivity index (χ1n) is 7.65. The third kappa shape index (κ3) is 2.93. The lowest BCUT2D eigenvalue weighted by Gasteiger charge is -2.54. The second-order valence-corrected chi connectivity index (χ2v) is 7.17. The van der Waals surface area contributed by atoms with Crippen molar-refractivity contribution in [2.24, 2.45) is 17.3 Å². The molecule has 1 saturated heterocycles. The van der Waals surface area contributed by atoms with Gasteiger partial charge in [0.25, 0.3) is 0 Å². The normalized spacial score (nSPS) is 32.4. The van der Waals surface area contributed by atoms with E-state index in [1.54, 1.807) is 0 Å². The van der Waals surface area contributed by atoms with Crippen molar-refractivity contribution < 1.29 is 14.6 Å². The highest BCUT2D eigenvalue weighted by molar-refractivity contribution is 5.75. The minimum atomic E-state index is -0.173. The first-order chi connectivity index (χ1) is 9.36. The molecule has 2 aliphatic rings. The second kappa shape index (κ2) is 5.90. The summed E-state index contributed by atoms with van der Waals surface area (Å²) in [6.45, 7) is 9.22. The van der Waals surface area contributed by atoms with Crippen LogP contribution in [0.3, 0.4) is 0 Å². The summed E-state index contributed by atoms with van der Waals surface area (Å²) in [5.41, 5.74) is -0.00866. The van der Waals surface area contributed by atoms with E-state index in [1.807, 2.05) is 0 Å². The van der Waals surface area contributed by atoms with E-state index in [-0.39, 0.29) is 36.2 Å². The SMILES string of the molecule is CC(C)CC(CO)NC(=O)NC1C2CCOC2C1(C)C. The first-order valence-corrected chi connectivity index (χ1v) is 7.65. The van der Waals surface area contributed by atoms with E-state index in [4.69, 9.17) is 4.74 Å². The number of carbonyl (C=O) groups excluding carboxylic acids is 1. The summed E-state index contributed by atoms with van der Waals surface area (Å²) < 4.78 is 5.72. The molecule has 1 heterocycles. The molecule has 1 saturated carbocycles. The van der Waals surface area contributed by atoms with Crippen molar-refractivity contribution in [1.82, 2.24) is 10.6 Å². The van der Waals surface area contributed by atoms with Crippen molar-refractivity contribution in [3.8, 4) is 0 Å². The monoisotopic (exact) mass is 284 g/mol. The van der Waals surface area contributed by atoms with E-state index < -0.39 is 0 Å². The summed E-state index contributed by atoms with van der Waals surface area (Å²) in [6, 6.07) is -0.185. The van der Waals surface area contributed by atoms with Crippen LogP contribution >= 0.6 is 0 Å². The molecule has 4 atom stereocenters. The molecule has 2 rings (SSSR count). The third-order valence-corrected chi connectivity index (χ3v) is 4.70. The van der Waals surface area contributed by atoms with Gasteiger partial charge < -0.3 is 20.5 Å². The third-order valence-electron chi connectivity index (χ3n) is 4.70. The number of nitrogens with one attached hydrogen (secondary N) is 2. The molecule has 0 radical (unpaired) electrons. The van der Waals surface area contributed by atoms with Gasteiger partial charge in [0.2, 0.25) is 0 Å². The quantitative estimate of drug-likeness (QED) is 0.716. The molecule has 5 nitrogen and oxygen atoms in total. The van der Waals surface area contributed by atoms with Crippen molar-refractivity contribution in [2.45, 2.75) is 58.7 Å². The summed E-state index contributed by atoms with van der Waals surface area (Å²) in [5, 5.41) is 15.3. The Bertz CT molecular complexity index is 357. The van der Waals surface area contributed by atoms with Crippen molar-refractivity contribution in [2.75, 3.05) is 13.2 Å². The predicted octanol–water partition coefficient (Wildman–Crippen LogP) is 1.51. The Morgan fingerprint density at radius 1 is 1.45 bits per heavy atom. The summed E-state index contributed by atoms with van der Waals surface area (Å²) >= 11 is 0. The molecule has 0 aromatic carbocycles. The van der Waals surface area contributed by atoms with Gasteiger partial charge >= 0.3 is 6.03 Å². The number of hydrogen-bond acceptors (Lipinski definition) is 3. The highest BCUT2D eigenvalue weighted by Gasteiger charge is 2.59. The average Bonchev–Trinajstić information content (AvgIpc) is 2.81. The van der Waals surface area contributed by atoms with Crippen LogP contribution in [0.2, 0.25) is 0 Å². The lowest BCUT2D eigenvalue weighted by molar-refractivity contribution is -0.108. The molecule has 3 N–H and O–H groups in total. The molecule has 0 bridgehead atoms. The number of carbonyl (C=O) groups is 1. The number of hydrogen-bond donors (Lipinski definition) is 3. The van der Waals surface area contributed by atoms with Crippen LogP contribution in [0.5, 0.6) is 0 Å². The maximum atomic E-state index is 12.1. The predicted molar refractivity (Wildman–Crippen MR) is 77.4 cm³/mol. The maximum Gasteiger partial charge on any atom is 0.315 e. The van der Waals surface area contributed by atoms with Crippen LogP contribution < -0.4 is 10.6 Å². The van der Waals surface area contributed by atoms with E-state index in [0.29, 0.717) is 11.8 Å². The number of rotatable bonds is 5. The Morgan fingerprint density at radius 3 is 2.75 bits per heavy atom. The zero-order valence-electron chi connectivity index (χ0n) is 13.0. The van der Waals surface area contributed by atoms with Gasteiger partial charge in [0.1, 0.15) is 0 Å². The smallest absolute Gasteiger partial charge is 0.315 e. The topological polar surface area (TPSA) is 70.6 Å². The number of urea groups is 1. The molecular formula is C15H28N2O3. The molecule has 0 aromatic heterocycles. The van der Waals surface area contributed by atoms with Gasteiger partial charge in [-0.05, 0) is 18.8 Å². The van der Waals surface area contributed by atoms with Crippen LogP contribution in [0.4, 0.5) is 4.79 Å². The van der Waals surface area contributed by atoms with E-state index >= 15 is 0 Å². The highest BCUT2D eigenvalue weighted by atomic mass is 16.5. The lowest BCUT2D eigenvalue weighted by Crippen LogP contribution is -2.68. The summed E-state index contributed by atoms with van der Waals surface area (Å²) in [7, 11) is 0. The molecule has 20 heavy (non-hydrogen) atoms. The largest absolute Gasteiger partial charge is 0.394 e. The number of aliphatic hydroxyl groups excluding tert-OH is 1. The molecule has 5 heteroatoms. The maximum absolute atomic E-state index is 12.1. The lowest BCUT2D eigenvalue weighted by atomic mass is 9.57. The van der Waals surface area contributed by atoms with Crippen molar-refractivity contribution in [3.63, 3.8) is 0 Å². The van der Waals surface area contributed by atoms with Gasteiger partial charge in [0.05, 0.1) is 18.8 Å². The van der Waals surface area contributed by atoms with Gasteiger partial charge in [-0.15, -0.1) is 0 Å². The van der Waals surface area contributed by atoms with Crippen LogP contribution in [-0.2, 0) is 4.74 Å². The van der Waals surface area contributed by atoms with Gasteiger partial charge in [-0.2, -0.15) is 0 Å². The van der Waals surface area contributed by atoms with Crippen LogP contribution in [0, 0.1) is 17.3 Å². The van der Waals surface area contributed by atoms with Crippen LogP contribution in [0.1, 0.15) is 40.5 Å². The van der Waals surface area contributed by atoms with Gasteiger partial charge in [0.15, 0.2) is 0 Å². The Kier molecular flexibility index (Phi) is 4.59. The van der Waals surface area contributed by atoms with Gasteiger partial charge in [-0.1, -0.05) is 27.7 Å². The van der Waals surface area contributed by atoms with Crippen LogP contribution in [-0.4, -0.2) is 42.5 Å². The standard InChI is InChI=1S/C15H28N2O3/c1-9(2)7-10(8-18)16-14(19)17-12-11-5-6-20-13(11)15(12,3)4/h9-13,18H,5-8H2,1-4H3,(H2,16,17,19). The number of amides is 2. The Balaban J connectivity index is 1.85. The molecule has 0 aromatic rings. The van der Waals surface area contributed by atoms with E-state index in [9.17, 15) is 9.90 Å². The fourth-order valence-corrected chi connectivity index (χ4v) is 3.73. The van der Waals surface area contributed by atoms with E-state index in [1.165, 1.54) is 0 Å². The fraction of sp³-hybridized carbons (Fsp3) is 0.933. The first kappa shape index (κ1) is 15.6. The van der Waals surface area contributed by atoms with Crippen LogP contribution in [0.25, 0.3) is 0 Å². The summed E-state index contributed by atoms with van der Waals surface area (Å²) in [4.78, 5) is 12.1. The van der Waals surface area contributed by atoms with Crippen LogP contribution in [0.15, 0.2) is 0 Å². The van der Waals surface area contributed by atoms with Gasteiger partial charge in [-0.3, -0.25) is 0 Å². The zero-order valence-corrected chi connectivity index (χ0v) is 13.0. The number of ether oxygens (including phenoxy) is 1. The van der Waals surface area contributed by atoms with Gasteiger partial charge in [0, 0.05) is 24.0 Å². The summed E-state index contributed by atoms with van der Waals surface area (Å²) in [5.74, 6) is 0.883. The minimum absolute atomic E-state index is 0.00866. The number of fused-ring (bicyclic) bond motifs is 1. The fourth-order valence-electron chi connectivity index (χ4n) is 3.73. The van der Waals surface area contributed by atoms with Crippen molar-refractivity contribution in [1.29, 1.82) is 0 Å². The molecule has 1 aliphatic carbocycles. The molecule has 4 unspecified atom stereocenters. The molecule has 116 valence electrons. The molecule has 2 amide bonds. The zero-order chi connectivity index (χ0) is 14.9. The molecule has 0 spiro atoms. The highest BCUT2D eigenvalue weighted by Crippen LogP contribution is 2.52. The number of aliphatic hydroxyl groups is 1. The second-order valence-electron chi connectivity index (χ2n) is 7.17. The Morgan fingerprint density at radius 2 is 2.15 bits per heavy atom. The average molecular weight is 284 g/mol. The molecule has 1 aliphatic heterocycles. The minimum Gasteiger partial charge on any atom is -0.394 e. The Labute approximate surface area is 121 Å². The molecular weight excluding hydrogens is 256 g/mol. The van der Waals surface area contributed by atoms with Crippen molar-refractivity contribution >= 4 is 6.03 Å². The van der Waals surface area contributed by atoms with Crippen molar-refractivity contribution in [3.05, 3.63) is 0 Å². The summed E-state index contributed by atoms with van der Waals surface area (Å²) in [6.07, 6.45) is 2.08. The van der Waals surface area contributed by atoms with E-state index in [2.05, 4.69) is 38.3 Å². The van der Waals surface area contributed by atoms with E-state index in [0.717, 1.165) is 19.4 Å².